The number of fused-ring (bicyclic) bond motifs is 3. The third kappa shape index (κ3) is 5.41. The minimum Gasteiger partial charge on any atom is -0.376 e. The number of amides is 1. The standard InChI is InChI=1S/C29H31N3O3S/c33-26(32-29-31-24-13-7-5-3-1-2-4-6-8-14-25(24)36-29)18-30-19-15-16-22-23(17-19)28(35)21-12-10-9-11-20(21)27(22)34/h9-12,15-17,30H,1-8,13-14,18H2,(H,31,32,33). The van der Waals surface area contributed by atoms with Crippen LogP contribution in [-0.2, 0) is 17.6 Å². The number of thiazole rings is 1. The van der Waals surface area contributed by atoms with Crippen molar-refractivity contribution in [1.82, 2.24) is 4.98 Å². The second kappa shape index (κ2) is 11.2. The van der Waals surface area contributed by atoms with E-state index >= 15 is 0 Å². The molecule has 0 spiro atoms. The van der Waals surface area contributed by atoms with Gasteiger partial charge in [0.1, 0.15) is 0 Å². The smallest absolute Gasteiger partial charge is 0.245 e. The van der Waals surface area contributed by atoms with Crippen molar-refractivity contribution in [1.29, 1.82) is 0 Å². The number of carbonyl (C=O) groups excluding carboxylic acids is 3. The maximum absolute atomic E-state index is 12.9. The quantitative estimate of drug-likeness (QED) is 0.348. The van der Waals surface area contributed by atoms with Crippen molar-refractivity contribution in [2.45, 2.75) is 64.2 Å². The number of rotatable bonds is 4. The summed E-state index contributed by atoms with van der Waals surface area (Å²) in [7, 11) is 0. The number of nitrogens with one attached hydrogen (secondary N) is 2. The second-order valence-electron chi connectivity index (χ2n) is 9.58. The van der Waals surface area contributed by atoms with Crippen molar-refractivity contribution in [2.24, 2.45) is 0 Å². The van der Waals surface area contributed by atoms with Crippen LogP contribution in [0.5, 0.6) is 0 Å². The largest absolute Gasteiger partial charge is 0.376 e. The van der Waals surface area contributed by atoms with Gasteiger partial charge in [-0.2, -0.15) is 0 Å². The van der Waals surface area contributed by atoms with Crippen LogP contribution in [0, 0.1) is 0 Å². The Morgan fingerprint density at radius 2 is 1.39 bits per heavy atom. The molecule has 0 fully saturated rings. The molecule has 5 rings (SSSR count). The van der Waals surface area contributed by atoms with Crippen molar-refractivity contribution in [3.63, 3.8) is 0 Å². The van der Waals surface area contributed by atoms with E-state index < -0.39 is 0 Å². The summed E-state index contributed by atoms with van der Waals surface area (Å²) in [5.74, 6) is -0.516. The van der Waals surface area contributed by atoms with E-state index in [1.165, 1.54) is 49.8 Å². The summed E-state index contributed by atoms with van der Waals surface area (Å²) in [6.07, 6.45) is 12.1. The number of nitrogens with zero attached hydrogens (tertiary/aromatic N) is 1. The van der Waals surface area contributed by atoms with Gasteiger partial charge in [-0.25, -0.2) is 4.98 Å². The highest BCUT2D eigenvalue weighted by atomic mass is 32.1. The SMILES string of the molecule is O=C(CNc1ccc2c(c1)C(=O)c1ccccc1C2=O)Nc1nc2c(s1)CCCCCCCCCC2. The topological polar surface area (TPSA) is 88.2 Å². The van der Waals surface area contributed by atoms with Gasteiger partial charge in [0.05, 0.1) is 12.2 Å². The second-order valence-corrected chi connectivity index (χ2v) is 10.7. The molecule has 36 heavy (non-hydrogen) atoms. The molecule has 0 radical (unpaired) electrons. The van der Waals surface area contributed by atoms with Crippen LogP contribution in [0.2, 0.25) is 0 Å². The van der Waals surface area contributed by atoms with Crippen LogP contribution in [0.4, 0.5) is 10.8 Å². The molecule has 0 bridgehead atoms. The van der Waals surface area contributed by atoms with E-state index in [0.717, 1.165) is 25.0 Å². The molecule has 0 saturated carbocycles. The van der Waals surface area contributed by atoms with Gasteiger partial charge in [0, 0.05) is 32.8 Å². The molecule has 1 heterocycles. The molecule has 0 unspecified atom stereocenters. The monoisotopic (exact) mass is 501 g/mol. The third-order valence-corrected chi connectivity index (χ3v) is 8.04. The van der Waals surface area contributed by atoms with E-state index in [2.05, 4.69) is 10.6 Å². The number of carbonyl (C=O) groups is 3. The molecule has 2 aliphatic carbocycles. The average molecular weight is 502 g/mol. The van der Waals surface area contributed by atoms with Crippen molar-refractivity contribution < 1.29 is 14.4 Å². The molecule has 2 aromatic carbocycles. The summed E-state index contributed by atoms with van der Waals surface area (Å²) in [5.41, 5.74) is 3.37. The Morgan fingerprint density at radius 1 is 0.778 bits per heavy atom. The maximum atomic E-state index is 12.9. The molecule has 2 aliphatic rings. The van der Waals surface area contributed by atoms with Gasteiger partial charge in [0.25, 0.3) is 0 Å². The molecule has 186 valence electrons. The van der Waals surface area contributed by atoms with Gasteiger partial charge in [0.15, 0.2) is 16.7 Å². The van der Waals surface area contributed by atoms with Crippen LogP contribution >= 0.6 is 11.3 Å². The molecule has 7 heteroatoms. The molecule has 0 aliphatic heterocycles. The summed E-state index contributed by atoms with van der Waals surface area (Å²) in [4.78, 5) is 44.5. The van der Waals surface area contributed by atoms with Crippen LogP contribution in [0.15, 0.2) is 42.5 Å². The summed E-state index contributed by atoms with van der Waals surface area (Å²) in [5, 5.41) is 6.69. The molecule has 3 aromatic rings. The molecule has 0 saturated heterocycles. The van der Waals surface area contributed by atoms with Crippen LogP contribution < -0.4 is 10.6 Å². The van der Waals surface area contributed by atoms with Gasteiger partial charge < -0.3 is 10.6 Å². The zero-order chi connectivity index (χ0) is 24.9. The first kappa shape index (κ1) is 24.4. The maximum Gasteiger partial charge on any atom is 0.245 e. The number of aromatic nitrogens is 1. The van der Waals surface area contributed by atoms with E-state index in [1.54, 1.807) is 53.8 Å². The van der Waals surface area contributed by atoms with Crippen LogP contribution in [0.1, 0.15) is 93.8 Å². The first-order chi connectivity index (χ1) is 17.6. The van der Waals surface area contributed by atoms with Crippen LogP contribution in [0.25, 0.3) is 0 Å². The number of hydrogen-bond acceptors (Lipinski definition) is 6. The highest BCUT2D eigenvalue weighted by molar-refractivity contribution is 7.15. The number of hydrogen-bond donors (Lipinski definition) is 2. The van der Waals surface area contributed by atoms with Gasteiger partial charge in [-0.1, -0.05) is 62.8 Å². The predicted octanol–water partition coefficient (Wildman–Crippen LogP) is 6.19. The van der Waals surface area contributed by atoms with Crippen molar-refractivity contribution in [3.8, 4) is 0 Å². The summed E-state index contributed by atoms with van der Waals surface area (Å²) >= 11 is 1.60. The van der Waals surface area contributed by atoms with E-state index in [9.17, 15) is 14.4 Å². The summed E-state index contributed by atoms with van der Waals surface area (Å²) in [6.45, 7) is 0.0434. The van der Waals surface area contributed by atoms with Crippen molar-refractivity contribution in [2.75, 3.05) is 17.2 Å². The lowest BCUT2D eigenvalue weighted by molar-refractivity contribution is -0.114. The summed E-state index contributed by atoms with van der Waals surface area (Å²) in [6, 6.07) is 11.9. The van der Waals surface area contributed by atoms with E-state index in [0.29, 0.717) is 33.1 Å². The van der Waals surface area contributed by atoms with Gasteiger partial charge in [-0.05, 0) is 43.9 Å². The molecule has 1 aromatic heterocycles. The lowest BCUT2D eigenvalue weighted by atomic mass is 9.84. The normalized spacial score (nSPS) is 16.1. The van der Waals surface area contributed by atoms with Gasteiger partial charge >= 0.3 is 0 Å². The van der Waals surface area contributed by atoms with Crippen LogP contribution in [-0.4, -0.2) is 29.0 Å². The van der Waals surface area contributed by atoms with E-state index in [4.69, 9.17) is 4.98 Å². The average Bonchev–Trinajstić information content (AvgIpc) is 3.26. The lowest BCUT2D eigenvalue weighted by Crippen LogP contribution is -2.23. The molecule has 1 amide bonds. The Morgan fingerprint density at radius 3 is 2.11 bits per heavy atom. The minimum absolute atomic E-state index is 0.0434. The number of benzene rings is 2. The Balaban J connectivity index is 1.22. The highest BCUT2D eigenvalue weighted by Gasteiger charge is 2.29. The Hall–Kier alpha value is -3.32. The number of aryl methyl sites for hydroxylation is 2. The Bertz CT molecular complexity index is 1270. The fourth-order valence-electron chi connectivity index (χ4n) is 5.02. The van der Waals surface area contributed by atoms with Gasteiger partial charge in [-0.3, -0.25) is 14.4 Å². The van der Waals surface area contributed by atoms with E-state index in [1.807, 2.05) is 0 Å². The van der Waals surface area contributed by atoms with Crippen molar-refractivity contribution in [3.05, 3.63) is 75.3 Å². The van der Waals surface area contributed by atoms with Crippen LogP contribution in [0.3, 0.4) is 0 Å². The van der Waals surface area contributed by atoms with Gasteiger partial charge in [-0.15, -0.1) is 11.3 Å². The number of ketones is 2. The molecule has 2 N–H and O–H groups in total. The predicted molar refractivity (Wildman–Crippen MR) is 143 cm³/mol. The fraction of sp³-hybridized carbons (Fsp3) is 0.379. The fourth-order valence-corrected chi connectivity index (χ4v) is 6.09. The van der Waals surface area contributed by atoms with E-state index in [-0.39, 0.29) is 24.0 Å². The third-order valence-electron chi connectivity index (χ3n) is 6.97. The molecule has 6 nitrogen and oxygen atoms in total. The minimum atomic E-state index is -0.190. The Kier molecular flexibility index (Phi) is 7.56. The first-order valence-corrected chi connectivity index (χ1v) is 13.8. The van der Waals surface area contributed by atoms with Gasteiger partial charge in [0.2, 0.25) is 5.91 Å². The molecular weight excluding hydrogens is 470 g/mol. The summed E-state index contributed by atoms with van der Waals surface area (Å²) < 4.78 is 0. The zero-order valence-corrected chi connectivity index (χ0v) is 21.2. The molecule has 0 atom stereocenters. The number of anilines is 2. The van der Waals surface area contributed by atoms with Crippen molar-refractivity contribution >= 4 is 39.6 Å². The first-order valence-electron chi connectivity index (χ1n) is 12.9. The zero-order valence-electron chi connectivity index (χ0n) is 20.4. The Labute approximate surface area is 215 Å². The highest BCUT2D eigenvalue weighted by Crippen LogP contribution is 2.30. The lowest BCUT2D eigenvalue weighted by Gasteiger charge is -2.18. The molecular formula is C29H31N3O3S.